The van der Waals surface area contributed by atoms with Crippen molar-refractivity contribution in [3.05, 3.63) is 59.0 Å². The minimum atomic E-state index is -0.474. The van der Waals surface area contributed by atoms with E-state index in [1.54, 1.807) is 6.08 Å². The van der Waals surface area contributed by atoms with Gasteiger partial charge in [-0.25, -0.2) is 0 Å². The maximum absolute atomic E-state index is 12.8. The van der Waals surface area contributed by atoms with Gasteiger partial charge in [0, 0.05) is 24.5 Å². The Morgan fingerprint density at radius 2 is 1.77 bits per heavy atom. The molecule has 2 fully saturated rings. The molecule has 2 heterocycles. The molecular weight excluding hydrogens is 466 g/mol. The Balaban J connectivity index is 1.33. The van der Waals surface area contributed by atoms with E-state index in [1.165, 1.54) is 0 Å². The minimum Gasteiger partial charge on any atom is -0.493 e. The van der Waals surface area contributed by atoms with Crippen LogP contribution in [-0.4, -0.2) is 61.4 Å². The molecule has 0 aliphatic carbocycles. The van der Waals surface area contributed by atoms with Crippen LogP contribution in [0.2, 0.25) is 0 Å². The lowest BCUT2D eigenvalue weighted by atomic mass is 10.2. The van der Waals surface area contributed by atoms with Gasteiger partial charge in [0.05, 0.1) is 24.7 Å². The Kier molecular flexibility index (Phi) is 8.09. The van der Waals surface area contributed by atoms with Gasteiger partial charge in [-0.2, -0.15) is 0 Å². The van der Waals surface area contributed by atoms with Gasteiger partial charge in [-0.05, 0) is 65.7 Å². The lowest BCUT2D eigenvalue weighted by Crippen LogP contribution is -2.36. The molecule has 0 bridgehead atoms. The molecule has 4 rings (SSSR count). The van der Waals surface area contributed by atoms with Gasteiger partial charge in [0.2, 0.25) is 5.91 Å². The molecular formula is C26H29N3O5S. The molecule has 2 saturated heterocycles. The summed E-state index contributed by atoms with van der Waals surface area (Å²) in [5, 5.41) is 2.30. The highest BCUT2D eigenvalue weighted by Gasteiger charge is 2.36. The van der Waals surface area contributed by atoms with Crippen molar-refractivity contribution in [3.63, 3.8) is 0 Å². The summed E-state index contributed by atoms with van der Waals surface area (Å²) in [6, 6.07) is 14.8. The Bertz CT molecular complexity index is 1090. The second kappa shape index (κ2) is 11.4. The summed E-state index contributed by atoms with van der Waals surface area (Å²) in [6.45, 7) is 7.49. The van der Waals surface area contributed by atoms with E-state index in [0.29, 0.717) is 31.4 Å². The van der Waals surface area contributed by atoms with Crippen molar-refractivity contribution in [3.8, 4) is 5.75 Å². The van der Waals surface area contributed by atoms with E-state index in [0.717, 1.165) is 46.8 Å². The van der Waals surface area contributed by atoms with Crippen molar-refractivity contribution in [2.75, 3.05) is 49.7 Å². The first-order valence-electron chi connectivity index (χ1n) is 11.6. The third-order valence-corrected chi connectivity index (χ3v) is 6.37. The number of hydrogen-bond acceptors (Lipinski definition) is 7. The number of rotatable bonds is 8. The van der Waals surface area contributed by atoms with E-state index in [-0.39, 0.29) is 11.4 Å². The van der Waals surface area contributed by atoms with Gasteiger partial charge in [-0.15, -0.1) is 0 Å². The molecule has 2 aromatic rings. The molecule has 0 saturated carbocycles. The lowest BCUT2D eigenvalue weighted by Gasteiger charge is -2.28. The zero-order valence-corrected chi connectivity index (χ0v) is 20.7. The molecule has 2 aromatic carbocycles. The maximum Gasteiger partial charge on any atom is 0.294 e. The van der Waals surface area contributed by atoms with Gasteiger partial charge in [-0.1, -0.05) is 26.0 Å². The van der Waals surface area contributed by atoms with Crippen LogP contribution in [-0.2, 0) is 14.3 Å². The number of morpholine rings is 1. The molecule has 0 radical (unpaired) electrons. The Hall–Kier alpha value is -3.30. The Morgan fingerprint density at radius 1 is 1.09 bits per heavy atom. The first kappa shape index (κ1) is 24.8. The third kappa shape index (κ3) is 6.64. The number of anilines is 2. The summed E-state index contributed by atoms with van der Waals surface area (Å²) >= 11 is 0.833. The molecule has 3 amide bonds. The van der Waals surface area contributed by atoms with Crippen LogP contribution in [0.3, 0.4) is 0 Å². The minimum absolute atomic E-state index is 0.286. The van der Waals surface area contributed by atoms with Crippen LogP contribution in [0.25, 0.3) is 6.08 Å². The summed E-state index contributed by atoms with van der Waals surface area (Å²) in [4.78, 5) is 41.2. The topological polar surface area (TPSA) is 88.2 Å². The average molecular weight is 496 g/mol. The number of carbonyl (C=O) groups excluding carboxylic acids is 3. The molecule has 9 heteroatoms. The Morgan fingerprint density at radius 3 is 2.43 bits per heavy atom. The van der Waals surface area contributed by atoms with Crippen molar-refractivity contribution in [1.29, 1.82) is 0 Å². The number of carbonyl (C=O) groups is 3. The summed E-state index contributed by atoms with van der Waals surface area (Å²) in [6.07, 6.45) is 1.65. The van der Waals surface area contributed by atoms with Gasteiger partial charge in [0.25, 0.3) is 11.1 Å². The first-order valence-corrected chi connectivity index (χ1v) is 12.4. The summed E-state index contributed by atoms with van der Waals surface area (Å²) in [5.41, 5.74) is 2.44. The summed E-state index contributed by atoms with van der Waals surface area (Å²) in [7, 11) is 0. The lowest BCUT2D eigenvalue weighted by molar-refractivity contribution is -0.127. The van der Waals surface area contributed by atoms with Crippen molar-refractivity contribution >= 4 is 46.3 Å². The van der Waals surface area contributed by atoms with Crippen molar-refractivity contribution in [1.82, 2.24) is 4.90 Å². The quantitative estimate of drug-likeness (QED) is 0.548. The molecule has 1 N–H and O–H groups in total. The highest BCUT2D eigenvalue weighted by atomic mass is 32.2. The highest BCUT2D eigenvalue weighted by Crippen LogP contribution is 2.32. The summed E-state index contributed by atoms with van der Waals surface area (Å²) < 4.78 is 11.0. The zero-order valence-electron chi connectivity index (χ0n) is 19.9. The Labute approximate surface area is 209 Å². The SMILES string of the molecule is CC(C)COc1ccc(/C=C2\SC(=O)N(CC(=O)Nc3ccc(N4CCOCC4)cc3)C2=O)cc1. The predicted molar refractivity (Wildman–Crippen MR) is 138 cm³/mol. The van der Waals surface area contributed by atoms with Gasteiger partial charge in [-0.3, -0.25) is 19.3 Å². The molecule has 0 unspecified atom stereocenters. The number of imide groups is 1. The van der Waals surface area contributed by atoms with Crippen LogP contribution in [0.1, 0.15) is 19.4 Å². The second-order valence-electron chi connectivity index (χ2n) is 8.74. The highest BCUT2D eigenvalue weighted by molar-refractivity contribution is 8.18. The second-order valence-corrected chi connectivity index (χ2v) is 9.73. The molecule has 0 aromatic heterocycles. The van der Waals surface area contributed by atoms with Crippen LogP contribution >= 0.6 is 11.8 Å². The zero-order chi connectivity index (χ0) is 24.8. The van der Waals surface area contributed by atoms with Crippen molar-refractivity contribution in [2.45, 2.75) is 13.8 Å². The molecule has 184 valence electrons. The van der Waals surface area contributed by atoms with Crippen molar-refractivity contribution in [2.24, 2.45) is 5.92 Å². The maximum atomic E-state index is 12.8. The average Bonchev–Trinajstić information content (AvgIpc) is 3.11. The predicted octanol–water partition coefficient (Wildman–Crippen LogP) is 4.23. The number of hydrogen-bond donors (Lipinski definition) is 1. The van der Waals surface area contributed by atoms with E-state index in [1.807, 2.05) is 48.5 Å². The summed E-state index contributed by atoms with van der Waals surface area (Å²) in [5.74, 6) is 0.267. The third-order valence-electron chi connectivity index (χ3n) is 5.46. The van der Waals surface area contributed by atoms with E-state index in [4.69, 9.17) is 9.47 Å². The van der Waals surface area contributed by atoms with E-state index in [9.17, 15) is 14.4 Å². The van der Waals surface area contributed by atoms with Gasteiger partial charge >= 0.3 is 0 Å². The fourth-order valence-corrected chi connectivity index (χ4v) is 4.47. The number of thioether (sulfide) groups is 1. The molecule has 0 spiro atoms. The fraction of sp³-hybridized carbons (Fsp3) is 0.346. The van der Waals surface area contributed by atoms with Crippen LogP contribution in [0.5, 0.6) is 5.75 Å². The standard InChI is InChI=1S/C26H29N3O5S/c1-18(2)17-34-22-9-3-19(4-10-22)15-23-25(31)29(26(32)35-23)16-24(30)27-20-5-7-21(8-6-20)28-11-13-33-14-12-28/h3-10,15,18H,11-14,16-17H2,1-2H3,(H,27,30)/b23-15-. The largest absolute Gasteiger partial charge is 0.493 e. The number of ether oxygens (including phenoxy) is 2. The van der Waals surface area contributed by atoms with Gasteiger partial charge < -0.3 is 19.7 Å². The van der Waals surface area contributed by atoms with Crippen molar-refractivity contribution < 1.29 is 23.9 Å². The normalized spacial score (nSPS) is 17.4. The number of amides is 3. The molecule has 2 aliphatic heterocycles. The molecule has 2 aliphatic rings. The number of nitrogens with one attached hydrogen (secondary N) is 1. The molecule has 8 nitrogen and oxygen atoms in total. The molecule has 0 atom stereocenters. The number of benzene rings is 2. The van der Waals surface area contributed by atoms with Crippen LogP contribution in [0, 0.1) is 5.92 Å². The number of nitrogens with zero attached hydrogens (tertiary/aromatic N) is 2. The fourth-order valence-electron chi connectivity index (χ4n) is 3.63. The van der Waals surface area contributed by atoms with Crippen LogP contribution < -0.4 is 15.0 Å². The smallest absolute Gasteiger partial charge is 0.294 e. The van der Waals surface area contributed by atoms with Crippen LogP contribution in [0.15, 0.2) is 53.4 Å². The molecule has 35 heavy (non-hydrogen) atoms. The van der Waals surface area contributed by atoms with Gasteiger partial charge in [0.1, 0.15) is 12.3 Å². The van der Waals surface area contributed by atoms with E-state index >= 15 is 0 Å². The monoisotopic (exact) mass is 495 g/mol. The van der Waals surface area contributed by atoms with E-state index in [2.05, 4.69) is 24.1 Å². The van der Waals surface area contributed by atoms with E-state index < -0.39 is 17.1 Å². The van der Waals surface area contributed by atoms with Gasteiger partial charge in [0.15, 0.2) is 0 Å². The van der Waals surface area contributed by atoms with Crippen LogP contribution in [0.4, 0.5) is 16.2 Å². The first-order chi connectivity index (χ1) is 16.9.